The van der Waals surface area contributed by atoms with Crippen LogP contribution in [-0.4, -0.2) is 49.2 Å². The molecule has 2 heterocycles. The first-order valence-corrected chi connectivity index (χ1v) is 9.22. The number of amides is 1. The Bertz CT molecular complexity index is 716. The predicted octanol–water partition coefficient (Wildman–Crippen LogP) is 3.00. The summed E-state index contributed by atoms with van der Waals surface area (Å²) < 4.78 is 11.3. The fourth-order valence-electron chi connectivity index (χ4n) is 2.40. The number of hydrogen-bond acceptors (Lipinski definition) is 6. The molecule has 1 aromatic carbocycles. The average Bonchev–Trinajstić information content (AvgIpc) is 3.02. The van der Waals surface area contributed by atoms with Gasteiger partial charge in [0.1, 0.15) is 5.75 Å². The number of morpholine rings is 1. The van der Waals surface area contributed by atoms with Gasteiger partial charge in [0.15, 0.2) is 5.13 Å². The minimum Gasteiger partial charge on any atom is -0.496 e. The van der Waals surface area contributed by atoms with Crippen molar-refractivity contribution in [1.29, 1.82) is 0 Å². The topological polar surface area (TPSA) is 63.7 Å². The van der Waals surface area contributed by atoms with E-state index in [1.54, 1.807) is 25.3 Å². The summed E-state index contributed by atoms with van der Waals surface area (Å²) in [6, 6.07) is 5.21. The van der Waals surface area contributed by atoms with Crippen molar-refractivity contribution in [2.45, 2.75) is 6.54 Å². The molecule has 2 aromatic rings. The molecule has 24 heavy (non-hydrogen) atoms. The number of anilines is 1. The number of methoxy groups -OCH3 is 1. The highest BCUT2D eigenvalue weighted by atomic mass is 79.9. The van der Waals surface area contributed by atoms with Crippen LogP contribution in [0, 0.1) is 0 Å². The van der Waals surface area contributed by atoms with Gasteiger partial charge in [0, 0.05) is 30.6 Å². The first-order valence-electron chi connectivity index (χ1n) is 7.55. The Morgan fingerprint density at radius 1 is 1.46 bits per heavy atom. The van der Waals surface area contributed by atoms with Crippen LogP contribution in [0.2, 0.25) is 0 Å². The maximum Gasteiger partial charge on any atom is 0.257 e. The summed E-state index contributed by atoms with van der Waals surface area (Å²) in [4.78, 5) is 19.1. The van der Waals surface area contributed by atoms with Gasteiger partial charge < -0.3 is 9.47 Å². The summed E-state index contributed by atoms with van der Waals surface area (Å²) in [7, 11) is 1.59. The van der Waals surface area contributed by atoms with E-state index in [9.17, 15) is 4.79 Å². The maximum absolute atomic E-state index is 12.3. The second kappa shape index (κ2) is 8.06. The molecule has 1 fully saturated rings. The number of hydrogen-bond donors (Lipinski definition) is 1. The number of aromatic nitrogens is 1. The fraction of sp³-hybridized carbons (Fsp3) is 0.375. The third-order valence-corrected chi connectivity index (χ3v) is 5.10. The Kier molecular flexibility index (Phi) is 5.83. The molecular weight excluding hydrogens is 394 g/mol. The zero-order valence-electron chi connectivity index (χ0n) is 13.3. The van der Waals surface area contributed by atoms with E-state index in [2.05, 4.69) is 31.1 Å². The lowest BCUT2D eigenvalue weighted by Crippen LogP contribution is -2.35. The molecule has 1 amide bonds. The van der Waals surface area contributed by atoms with Gasteiger partial charge in [-0.3, -0.25) is 15.0 Å². The Labute approximate surface area is 152 Å². The Morgan fingerprint density at radius 3 is 2.96 bits per heavy atom. The highest BCUT2D eigenvalue weighted by Crippen LogP contribution is 2.26. The van der Waals surface area contributed by atoms with Gasteiger partial charge in [0.25, 0.3) is 5.91 Å². The first-order chi connectivity index (χ1) is 11.7. The van der Waals surface area contributed by atoms with Crippen LogP contribution in [0.1, 0.15) is 16.1 Å². The molecule has 6 nitrogen and oxygen atoms in total. The van der Waals surface area contributed by atoms with Crippen LogP contribution >= 0.6 is 27.3 Å². The number of halogens is 1. The highest BCUT2D eigenvalue weighted by Gasteiger charge is 2.14. The minimum absolute atomic E-state index is 0.189. The third kappa shape index (κ3) is 4.32. The number of carbonyl (C=O) groups excluding carboxylic acids is 1. The van der Waals surface area contributed by atoms with Gasteiger partial charge in [-0.1, -0.05) is 0 Å². The normalized spacial score (nSPS) is 15.2. The molecule has 0 bridgehead atoms. The molecule has 128 valence electrons. The average molecular weight is 412 g/mol. The molecule has 3 rings (SSSR count). The summed E-state index contributed by atoms with van der Waals surface area (Å²) in [5.74, 6) is 0.499. The second-order valence-electron chi connectivity index (χ2n) is 5.34. The molecule has 0 radical (unpaired) electrons. The van der Waals surface area contributed by atoms with Gasteiger partial charge in [-0.25, -0.2) is 4.98 Å². The van der Waals surface area contributed by atoms with Crippen molar-refractivity contribution in [3.63, 3.8) is 0 Å². The Balaban J connectivity index is 1.61. The molecule has 1 N–H and O–H groups in total. The lowest BCUT2D eigenvalue weighted by atomic mass is 10.2. The van der Waals surface area contributed by atoms with Crippen LogP contribution < -0.4 is 10.1 Å². The number of thiazole rings is 1. The van der Waals surface area contributed by atoms with Crippen LogP contribution in [0.25, 0.3) is 0 Å². The van der Waals surface area contributed by atoms with E-state index in [1.165, 1.54) is 11.3 Å². The predicted molar refractivity (Wildman–Crippen MR) is 96.9 cm³/mol. The quantitative estimate of drug-likeness (QED) is 0.818. The number of nitrogens with zero attached hydrogens (tertiary/aromatic N) is 2. The van der Waals surface area contributed by atoms with E-state index >= 15 is 0 Å². The minimum atomic E-state index is -0.189. The van der Waals surface area contributed by atoms with Crippen molar-refractivity contribution in [1.82, 2.24) is 9.88 Å². The summed E-state index contributed by atoms with van der Waals surface area (Å²) in [6.07, 6.45) is 0. The second-order valence-corrected chi connectivity index (χ2v) is 7.05. The van der Waals surface area contributed by atoms with Crippen LogP contribution in [0.5, 0.6) is 5.75 Å². The van der Waals surface area contributed by atoms with E-state index in [4.69, 9.17) is 9.47 Å². The van der Waals surface area contributed by atoms with E-state index in [1.807, 2.05) is 5.38 Å². The monoisotopic (exact) mass is 411 g/mol. The van der Waals surface area contributed by atoms with Crippen molar-refractivity contribution in [3.8, 4) is 5.75 Å². The fourth-order valence-corrected chi connectivity index (χ4v) is 3.64. The number of ether oxygens (including phenoxy) is 2. The van der Waals surface area contributed by atoms with Crippen molar-refractivity contribution in [2.75, 3.05) is 38.7 Å². The summed E-state index contributed by atoms with van der Waals surface area (Å²) in [6.45, 7) is 4.14. The van der Waals surface area contributed by atoms with Crippen molar-refractivity contribution in [3.05, 3.63) is 39.3 Å². The number of nitrogens with one attached hydrogen (secondary N) is 1. The Hall–Kier alpha value is -1.48. The van der Waals surface area contributed by atoms with Crippen LogP contribution in [0.4, 0.5) is 5.13 Å². The molecule has 1 aliphatic rings. The Morgan fingerprint density at radius 2 is 2.25 bits per heavy atom. The van der Waals surface area contributed by atoms with Gasteiger partial charge in [0.2, 0.25) is 0 Å². The number of carbonyl (C=O) groups is 1. The lowest BCUT2D eigenvalue weighted by Gasteiger charge is -2.25. The SMILES string of the molecule is COc1ccc(C(=O)Nc2nc(CN3CCOCC3)cs2)cc1Br. The number of benzene rings is 1. The van der Waals surface area contributed by atoms with E-state index in [0.717, 1.165) is 43.0 Å². The largest absolute Gasteiger partial charge is 0.496 e. The van der Waals surface area contributed by atoms with Crippen LogP contribution in [0.15, 0.2) is 28.1 Å². The number of rotatable bonds is 5. The van der Waals surface area contributed by atoms with Gasteiger partial charge in [-0.15, -0.1) is 11.3 Å². The molecule has 0 atom stereocenters. The molecule has 0 spiro atoms. The first kappa shape index (κ1) is 17.3. The molecule has 0 unspecified atom stereocenters. The van der Waals surface area contributed by atoms with Crippen LogP contribution in [0.3, 0.4) is 0 Å². The summed E-state index contributed by atoms with van der Waals surface area (Å²) in [5.41, 5.74) is 1.51. The van der Waals surface area contributed by atoms with E-state index < -0.39 is 0 Å². The molecule has 8 heteroatoms. The highest BCUT2D eigenvalue weighted by molar-refractivity contribution is 9.10. The van der Waals surface area contributed by atoms with E-state index in [0.29, 0.717) is 16.4 Å². The van der Waals surface area contributed by atoms with Crippen molar-refractivity contribution in [2.24, 2.45) is 0 Å². The van der Waals surface area contributed by atoms with Crippen molar-refractivity contribution < 1.29 is 14.3 Å². The molecule has 1 aliphatic heterocycles. The molecule has 1 saturated heterocycles. The van der Waals surface area contributed by atoms with Gasteiger partial charge in [-0.2, -0.15) is 0 Å². The lowest BCUT2D eigenvalue weighted by molar-refractivity contribution is 0.0337. The van der Waals surface area contributed by atoms with Gasteiger partial charge in [0.05, 0.1) is 30.5 Å². The standard InChI is InChI=1S/C16H18BrN3O3S/c1-22-14-3-2-11(8-13(14)17)15(21)19-16-18-12(10-24-16)9-20-4-6-23-7-5-20/h2-3,8,10H,4-7,9H2,1H3,(H,18,19,21). The smallest absolute Gasteiger partial charge is 0.257 e. The van der Waals surface area contributed by atoms with Gasteiger partial charge >= 0.3 is 0 Å². The summed E-state index contributed by atoms with van der Waals surface area (Å²) >= 11 is 4.82. The molecule has 0 saturated carbocycles. The van der Waals surface area contributed by atoms with E-state index in [-0.39, 0.29) is 5.91 Å². The third-order valence-electron chi connectivity index (χ3n) is 3.68. The maximum atomic E-state index is 12.3. The van der Waals surface area contributed by atoms with Crippen LogP contribution in [-0.2, 0) is 11.3 Å². The zero-order valence-corrected chi connectivity index (χ0v) is 15.7. The molecular formula is C16H18BrN3O3S. The van der Waals surface area contributed by atoms with Crippen molar-refractivity contribution >= 4 is 38.3 Å². The molecule has 0 aliphatic carbocycles. The zero-order chi connectivity index (χ0) is 16.9. The molecule has 1 aromatic heterocycles. The van der Waals surface area contributed by atoms with Gasteiger partial charge in [-0.05, 0) is 34.1 Å². The summed E-state index contributed by atoms with van der Waals surface area (Å²) in [5, 5.41) is 5.43.